The number of piperidine rings is 1. The SMILES string of the molecule is CC(C)(C)OC(=O)N1CCC(C(=O)Nc2cc(Cl)ccc2-n2cccn2)CC1. The van der Waals surface area contributed by atoms with Gasteiger partial charge in [-0.3, -0.25) is 4.79 Å². The molecule has 0 bridgehead atoms. The lowest BCUT2D eigenvalue weighted by Crippen LogP contribution is -2.43. The molecule has 1 saturated heterocycles. The number of benzene rings is 1. The van der Waals surface area contributed by atoms with Gasteiger partial charge in [0.25, 0.3) is 0 Å². The van der Waals surface area contributed by atoms with Crippen LogP contribution in [0, 0.1) is 5.92 Å². The lowest BCUT2D eigenvalue weighted by atomic mass is 9.96. The Bertz CT molecular complexity index is 838. The molecule has 7 nitrogen and oxygen atoms in total. The number of hydrogen-bond acceptors (Lipinski definition) is 4. The smallest absolute Gasteiger partial charge is 0.410 e. The molecule has 0 aliphatic carbocycles. The van der Waals surface area contributed by atoms with E-state index in [1.807, 2.05) is 32.9 Å². The maximum Gasteiger partial charge on any atom is 0.410 e. The van der Waals surface area contributed by atoms with Gasteiger partial charge in [-0.15, -0.1) is 0 Å². The van der Waals surface area contributed by atoms with Crippen LogP contribution >= 0.6 is 11.6 Å². The summed E-state index contributed by atoms with van der Waals surface area (Å²) in [6.45, 7) is 6.51. The van der Waals surface area contributed by atoms with Crippen LogP contribution in [0.3, 0.4) is 0 Å². The fraction of sp³-hybridized carbons (Fsp3) is 0.450. The zero-order valence-electron chi connectivity index (χ0n) is 16.3. The second-order valence-electron chi connectivity index (χ2n) is 7.84. The van der Waals surface area contributed by atoms with E-state index >= 15 is 0 Å². The molecule has 0 saturated carbocycles. The Kier molecular flexibility index (Phi) is 5.93. The molecular weight excluding hydrogens is 380 g/mol. The van der Waals surface area contributed by atoms with Gasteiger partial charge in [0.2, 0.25) is 5.91 Å². The number of nitrogens with zero attached hydrogens (tertiary/aromatic N) is 3. The van der Waals surface area contributed by atoms with Crippen LogP contribution in [0.1, 0.15) is 33.6 Å². The molecule has 2 aromatic rings. The minimum absolute atomic E-state index is 0.0838. The first-order chi connectivity index (χ1) is 13.2. The summed E-state index contributed by atoms with van der Waals surface area (Å²) in [7, 11) is 0. The highest BCUT2D eigenvalue weighted by atomic mass is 35.5. The number of carbonyl (C=O) groups is 2. The van der Waals surface area contributed by atoms with Crippen molar-refractivity contribution in [3.05, 3.63) is 41.7 Å². The molecule has 1 aromatic heterocycles. The Morgan fingerprint density at radius 2 is 1.96 bits per heavy atom. The van der Waals surface area contributed by atoms with E-state index in [9.17, 15) is 9.59 Å². The first-order valence-corrected chi connectivity index (χ1v) is 9.69. The summed E-state index contributed by atoms with van der Waals surface area (Å²) in [6, 6.07) is 7.10. The molecule has 0 spiro atoms. The van der Waals surface area contributed by atoms with Crippen molar-refractivity contribution in [2.75, 3.05) is 18.4 Å². The normalized spacial score (nSPS) is 15.4. The zero-order chi connectivity index (χ0) is 20.3. The van der Waals surface area contributed by atoms with E-state index in [2.05, 4.69) is 10.4 Å². The summed E-state index contributed by atoms with van der Waals surface area (Å²) in [5.74, 6) is -0.261. The van der Waals surface area contributed by atoms with Gasteiger partial charge in [0, 0.05) is 36.4 Å². The predicted molar refractivity (Wildman–Crippen MR) is 108 cm³/mol. The van der Waals surface area contributed by atoms with Crippen molar-refractivity contribution in [1.29, 1.82) is 0 Å². The average Bonchev–Trinajstić information content (AvgIpc) is 3.15. The van der Waals surface area contributed by atoms with Crippen molar-refractivity contribution < 1.29 is 14.3 Å². The van der Waals surface area contributed by atoms with Gasteiger partial charge < -0.3 is 15.0 Å². The van der Waals surface area contributed by atoms with Crippen LogP contribution in [0.2, 0.25) is 5.02 Å². The van der Waals surface area contributed by atoms with Gasteiger partial charge in [0.05, 0.1) is 11.4 Å². The van der Waals surface area contributed by atoms with E-state index in [4.69, 9.17) is 16.3 Å². The number of nitrogens with one attached hydrogen (secondary N) is 1. The molecule has 1 aliphatic rings. The number of ether oxygens (including phenoxy) is 1. The summed E-state index contributed by atoms with van der Waals surface area (Å²) < 4.78 is 7.08. The molecule has 8 heteroatoms. The van der Waals surface area contributed by atoms with Gasteiger partial charge in [-0.1, -0.05) is 11.6 Å². The Morgan fingerprint density at radius 1 is 1.25 bits per heavy atom. The second-order valence-corrected chi connectivity index (χ2v) is 8.28. The minimum atomic E-state index is -0.527. The highest BCUT2D eigenvalue weighted by molar-refractivity contribution is 6.31. The van der Waals surface area contributed by atoms with Crippen molar-refractivity contribution in [2.45, 2.75) is 39.2 Å². The van der Waals surface area contributed by atoms with Crippen LogP contribution < -0.4 is 5.32 Å². The molecule has 150 valence electrons. The van der Waals surface area contributed by atoms with Gasteiger partial charge in [0.15, 0.2) is 0 Å². The lowest BCUT2D eigenvalue weighted by Gasteiger charge is -2.33. The second kappa shape index (κ2) is 8.22. The van der Waals surface area contributed by atoms with E-state index in [0.29, 0.717) is 36.6 Å². The van der Waals surface area contributed by atoms with Gasteiger partial charge >= 0.3 is 6.09 Å². The van der Waals surface area contributed by atoms with Crippen LogP contribution in [-0.2, 0) is 9.53 Å². The summed E-state index contributed by atoms with van der Waals surface area (Å²) in [5.41, 5.74) is 0.825. The first kappa shape index (κ1) is 20.2. The third kappa shape index (κ3) is 5.04. The molecule has 0 unspecified atom stereocenters. The van der Waals surface area contributed by atoms with Crippen LogP contribution in [0.15, 0.2) is 36.7 Å². The third-order valence-electron chi connectivity index (χ3n) is 4.49. The average molecular weight is 405 g/mol. The summed E-state index contributed by atoms with van der Waals surface area (Å²) >= 11 is 6.12. The van der Waals surface area contributed by atoms with Gasteiger partial charge in [-0.2, -0.15) is 5.10 Å². The van der Waals surface area contributed by atoms with Crippen molar-refractivity contribution >= 4 is 29.3 Å². The summed E-state index contributed by atoms with van der Waals surface area (Å²) in [4.78, 5) is 26.6. The minimum Gasteiger partial charge on any atom is -0.444 e. The lowest BCUT2D eigenvalue weighted by molar-refractivity contribution is -0.121. The van der Waals surface area contributed by atoms with E-state index in [-0.39, 0.29) is 17.9 Å². The molecule has 1 N–H and O–H groups in total. The number of amides is 2. The van der Waals surface area contributed by atoms with E-state index in [1.165, 1.54) is 0 Å². The number of carbonyl (C=O) groups excluding carboxylic acids is 2. The maximum absolute atomic E-state index is 12.8. The number of aromatic nitrogens is 2. The molecule has 1 aliphatic heterocycles. The quantitative estimate of drug-likeness (QED) is 0.835. The molecule has 0 radical (unpaired) electrons. The molecule has 1 fully saturated rings. The van der Waals surface area contributed by atoms with E-state index in [1.54, 1.807) is 34.1 Å². The summed E-state index contributed by atoms with van der Waals surface area (Å²) in [5, 5.41) is 7.73. The van der Waals surface area contributed by atoms with Crippen LogP contribution in [0.4, 0.5) is 10.5 Å². The molecule has 0 atom stereocenters. The molecule has 2 heterocycles. The molecular formula is C20H25ClN4O3. The zero-order valence-corrected chi connectivity index (χ0v) is 17.1. The van der Waals surface area contributed by atoms with Gasteiger partial charge in [-0.05, 0) is 57.9 Å². The monoisotopic (exact) mass is 404 g/mol. The maximum atomic E-state index is 12.8. The number of hydrogen-bond donors (Lipinski definition) is 1. The largest absolute Gasteiger partial charge is 0.444 e. The highest BCUT2D eigenvalue weighted by Gasteiger charge is 2.30. The molecule has 1 aromatic carbocycles. The fourth-order valence-corrected chi connectivity index (χ4v) is 3.28. The number of anilines is 1. The highest BCUT2D eigenvalue weighted by Crippen LogP contribution is 2.27. The first-order valence-electron chi connectivity index (χ1n) is 9.31. The van der Waals surface area contributed by atoms with Crippen LogP contribution in [0.25, 0.3) is 5.69 Å². The number of likely N-dealkylation sites (tertiary alicyclic amines) is 1. The van der Waals surface area contributed by atoms with Crippen molar-refractivity contribution in [3.63, 3.8) is 0 Å². The standard InChI is InChI=1S/C20H25ClN4O3/c1-20(2,3)28-19(27)24-11-7-14(8-12-24)18(26)23-16-13-15(21)5-6-17(16)25-10-4-9-22-25/h4-6,9-10,13-14H,7-8,11-12H2,1-3H3,(H,23,26). The Labute approximate surface area is 169 Å². The van der Waals surface area contributed by atoms with Crippen molar-refractivity contribution in [3.8, 4) is 5.69 Å². The number of halogens is 1. The van der Waals surface area contributed by atoms with E-state index < -0.39 is 5.60 Å². The molecule has 28 heavy (non-hydrogen) atoms. The van der Waals surface area contributed by atoms with Crippen molar-refractivity contribution in [1.82, 2.24) is 14.7 Å². The van der Waals surface area contributed by atoms with Gasteiger partial charge in [0.1, 0.15) is 5.60 Å². The van der Waals surface area contributed by atoms with Crippen LogP contribution in [0.5, 0.6) is 0 Å². The van der Waals surface area contributed by atoms with Crippen molar-refractivity contribution in [2.24, 2.45) is 5.92 Å². The molecule has 2 amide bonds. The molecule has 3 rings (SSSR count). The predicted octanol–water partition coefficient (Wildman–Crippen LogP) is 4.11. The fourth-order valence-electron chi connectivity index (χ4n) is 3.11. The van der Waals surface area contributed by atoms with E-state index in [0.717, 1.165) is 5.69 Å². The Hall–Kier alpha value is -2.54. The van der Waals surface area contributed by atoms with Crippen LogP contribution in [-0.4, -0.2) is 45.4 Å². The third-order valence-corrected chi connectivity index (χ3v) is 4.72. The van der Waals surface area contributed by atoms with Gasteiger partial charge in [-0.25, -0.2) is 9.48 Å². The Morgan fingerprint density at radius 3 is 2.57 bits per heavy atom. The topological polar surface area (TPSA) is 76.5 Å². The number of rotatable bonds is 3. The Balaban J connectivity index is 1.63. The summed E-state index contributed by atoms with van der Waals surface area (Å²) in [6.07, 6.45) is 4.32.